The molecule has 1 N–H and O–H groups in total. The number of aryl methyl sites for hydroxylation is 1. The number of hydrogen-bond acceptors (Lipinski definition) is 3. The van der Waals surface area contributed by atoms with E-state index in [2.05, 4.69) is 62.7 Å². The van der Waals surface area contributed by atoms with E-state index in [9.17, 15) is 0 Å². The van der Waals surface area contributed by atoms with Gasteiger partial charge in [-0.05, 0) is 31.0 Å². The number of nitrogens with one attached hydrogen (secondary N) is 1. The van der Waals surface area contributed by atoms with Gasteiger partial charge in [0.2, 0.25) is 0 Å². The smallest absolute Gasteiger partial charge is 0.0982 e. The molecule has 0 atom stereocenters. The van der Waals surface area contributed by atoms with Gasteiger partial charge in [-0.15, -0.1) is 11.3 Å². The van der Waals surface area contributed by atoms with Crippen molar-refractivity contribution in [1.29, 1.82) is 0 Å². The lowest BCUT2D eigenvalue weighted by Gasteiger charge is -2.13. The summed E-state index contributed by atoms with van der Waals surface area (Å²) in [5.41, 5.74) is 4.11. The number of rotatable bonds is 5. The number of thiazole rings is 1. The van der Waals surface area contributed by atoms with Crippen LogP contribution in [0.5, 0.6) is 0 Å². The zero-order valence-electron chi connectivity index (χ0n) is 12.9. The second-order valence-electron chi connectivity index (χ2n) is 6.25. The van der Waals surface area contributed by atoms with Gasteiger partial charge in [-0.1, -0.05) is 45.0 Å². The van der Waals surface area contributed by atoms with Gasteiger partial charge in [-0.2, -0.15) is 0 Å². The Labute approximate surface area is 126 Å². The van der Waals surface area contributed by atoms with E-state index in [-0.39, 0.29) is 5.41 Å². The van der Waals surface area contributed by atoms with E-state index in [1.54, 1.807) is 11.3 Å². The molecule has 3 heteroatoms. The molecule has 0 fully saturated rings. The Balaban J connectivity index is 1.79. The second kappa shape index (κ2) is 6.51. The van der Waals surface area contributed by atoms with Gasteiger partial charge in [0.15, 0.2) is 0 Å². The Bertz CT molecular complexity index is 552. The monoisotopic (exact) mass is 288 g/mol. The molecule has 0 aliphatic heterocycles. The number of nitrogens with zero attached hydrogens (tertiary/aromatic N) is 1. The second-order valence-corrected chi connectivity index (χ2v) is 7.11. The maximum absolute atomic E-state index is 4.70. The van der Waals surface area contributed by atoms with Crippen LogP contribution >= 0.6 is 11.3 Å². The summed E-state index contributed by atoms with van der Waals surface area (Å²) in [6, 6.07) is 8.58. The first-order valence-electron chi connectivity index (χ1n) is 7.17. The predicted octanol–water partition coefficient (Wildman–Crippen LogP) is 4.08. The quantitative estimate of drug-likeness (QED) is 0.839. The molecule has 0 amide bonds. The number of hydrogen-bond donors (Lipinski definition) is 1. The standard InChI is InChI=1S/C17H24N2S/c1-13-7-5-6-8-14(13)9-10-18-11-15-12-20-16(19-15)17(2,3)4/h5-8,12,18H,9-11H2,1-4H3. The van der Waals surface area contributed by atoms with Crippen LogP contribution in [0.2, 0.25) is 0 Å². The molecular weight excluding hydrogens is 264 g/mol. The molecule has 2 nitrogen and oxygen atoms in total. The van der Waals surface area contributed by atoms with Gasteiger partial charge in [0.1, 0.15) is 0 Å². The van der Waals surface area contributed by atoms with Crippen LogP contribution < -0.4 is 5.32 Å². The molecule has 2 rings (SSSR count). The number of benzene rings is 1. The van der Waals surface area contributed by atoms with Gasteiger partial charge < -0.3 is 5.32 Å². The molecule has 0 radical (unpaired) electrons. The Hall–Kier alpha value is -1.19. The van der Waals surface area contributed by atoms with Crippen molar-refractivity contribution in [2.45, 2.75) is 46.1 Å². The maximum atomic E-state index is 4.70. The lowest BCUT2D eigenvalue weighted by molar-refractivity contribution is 0.579. The molecule has 0 bridgehead atoms. The van der Waals surface area contributed by atoms with Crippen LogP contribution in [0.1, 0.15) is 42.6 Å². The van der Waals surface area contributed by atoms with Crippen molar-refractivity contribution in [2.24, 2.45) is 0 Å². The van der Waals surface area contributed by atoms with E-state index in [1.807, 2.05) is 0 Å². The van der Waals surface area contributed by atoms with Gasteiger partial charge in [0, 0.05) is 17.3 Å². The van der Waals surface area contributed by atoms with Crippen molar-refractivity contribution >= 4 is 11.3 Å². The summed E-state index contributed by atoms with van der Waals surface area (Å²) >= 11 is 1.76. The molecule has 0 unspecified atom stereocenters. The average Bonchev–Trinajstić information content (AvgIpc) is 2.85. The van der Waals surface area contributed by atoms with E-state index in [1.165, 1.54) is 16.1 Å². The lowest BCUT2D eigenvalue weighted by Crippen LogP contribution is -2.18. The van der Waals surface area contributed by atoms with E-state index in [0.29, 0.717) is 0 Å². The molecule has 0 aliphatic carbocycles. The first-order valence-corrected chi connectivity index (χ1v) is 8.05. The summed E-state index contributed by atoms with van der Waals surface area (Å²) in [6.07, 6.45) is 1.07. The summed E-state index contributed by atoms with van der Waals surface area (Å²) in [5, 5.41) is 6.87. The van der Waals surface area contributed by atoms with Gasteiger partial charge in [0.25, 0.3) is 0 Å². The van der Waals surface area contributed by atoms with Crippen molar-refractivity contribution in [1.82, 2.24) is 10.3 Å². The van der Waals surface area contributed by atoms with E-state index in [4.69, 9.17) is 4.98 Å². The molecule has 0 spiro atoms. The topological polar surface area (TPSA) is 24.9 Å². The van der Waals surface area contributed by atoms with Gasteiger partial charge in [-0.25, -0.2) is 4.98 Å². The zero-order valence-corrected chi connectivity index (χ0v) is 13.7. The molecule has 2 aromatic rings. The molecule has 1 aromatic carbocycles. The molecule has 0 saturated carbocycles. The molecule has 0 saturated heterocycles. The summed E-state index contributed by atoms with van der Waals surface area (Å²) in [5.74, 6) is 0. The van der Waals surface area contributed by atoms with E-state index < -0.39 is 0 Å². The predicted molar refractivity (Wildman–Crippen MR) is 87.4 cm³/mol. The SMILES string of the molecule is Cc1ccccc1CCNCc1csc(C(C)(C)C)n1. The largest absolute Gasteiger partial charge is 0.311 e. The minimum absolute atomic E-state index is 0.157. The Morgan fingerprint density at radius 1 is 1.20 bits per heavy atom. The highest BCUT2D eigenvalue weighted by molar-refractivity contribution is 7.09. The van der Waals surface area contributed by atoms with Crippen LogP contribution in [0.15, 0.2) is 29.6 Å². The fourth-order valence-corrected chi connectivity index (χ4v) is 2.97. The first-order chi connectivity index (χ1) is 9.47. The zero-order chi connectivity index (χ0) is 14.6. The van der Waals surface area contributed by atoms with Gasteiger partial charge >= 0.3 is 0 Å². The van der Waals surface area contributed by atoms with Crippen LogP contribution in [-0.2, 0) is 18.4 Å². The maximum Gasteiger partial charge on any atom is 0.0982 e. The van der Waals surface area contributed by atoms with Gasteiger partial charge in [0.05, 0.1) is 10.7 Å². The third-order valence-corrected chi connectivity index (χ3v) is 4.65. The average molecular weight is 288 g/mol. The molecule has 0 aliphatic rings. The summed E-state index contributed by atoms with van der Waals surface area (Å²) < 4.78 is 0. The highest BCUT2D eigenvalue weighted by Gasteiger charge is 2.17. The first kappa shape index (κ1) is 15.2. The van der Waals surface area contributed by atoms with E-state index in [0.717, 1.165) is 25.2 Å². The minimum atomic E-state index is 0.157. The molecule has 1 heterocycles. The van der Waals surface area contributed by atoms with E-state index >= 15 is 0 Å². The molecule has 20 heavy (non-hydrogen) atoms. The van der Waals surface area contributed by atoms with Crippen molar-refractivity contribution in [2.75, 3.05) is 6.54 Å². The van der Waals surface area contributed by atoms with Crippen molar-refractivity contribution in [3.8, 4) is 0 Å². The fraction of sp³-hybridized carbons (Fsp3) is 0.471. The Morgan fingerprint density at radius 3 is 2.60 bits per heavy atom. The van der Waals surface area contributed by atoms with Gasteiger partial charge in [-0.3, -0.25) is 0 Å². The summed E-state index contributed by atoms with van der Waals surface area (Å²) in [4.78, 5) is 4.70. The highest BCUT2D eigenvalue weighted by Crippen LogP contribution is 2.25. The lowest BCUT2D eigenvalue weighted by atomic mass is 9.98. The Morgan fingerprint density at radius 2 is 1.95 bits per heavy atom. The van der Waals surface area contributed by atoms with Crippen molar-refractivity contribution in [3.63, 3.8) is 0 Å². The van der Waals surface area contributed by atoms with Crippen LogP contribution in [-0.4, -0.2) is 11.5 Å². The van der Waals surface area contributed by atoms with Crippen molar-refractivity contribution in [3.05, 3.63) is 51.5 Å². The molecular formula is C17H24N2S. The summed E-state index contributed by atoms with van der Waals surface area (Å²) in [7, 11) is 0. The highest BCUT2D eigenvalue weighted by atomic mass is 32.1. The fourth-order valence-electron chi connectivity index (χ4n) is 2.06. The third-order valence-electron chi connectivity index (χ3n) is 3.33. The van der Waals surface area contributed by atoms with Crippen LogP contribution in [0.25, 0.3) is 0 Å². The summed E-state index contributed by atoms with van der Waals surface area (Å²) in [6.45, 7) is 10.7. The molecule has 108 valence electrons. The number of aromatic nitrogens is 1. The normalized spacial score (nSPS) is 11.8. The van der Waals surface area contributed by atoms with Crippen LogP contribution in [0.4, 0.5) is 0 Å². The Kier molecular flexibility index (Phi) is 4.95. The van der Waals surface area contributed by atoms with Crippen LogP contribution in [0, 0.1) is 6.92 Å². The molecule has 1 aromatic heterocycles. The third kappa shape index (κ3) is 4.15. The minimum Gasteiger partial charge on any atom is -0.311 e. The van der Waals surface area contributed by atoms with Crippen molar-refractivity contribution < 1.29 is 0 Å². The van der Waals surface area contributed by atoms with Crippen LogP contribution in [0.3, 0.4) is 0 Å².